The van der Waals surface area contributed by atoms with E-state index in [-0.39, 0.29) is 0 Å². The Kier molecular flexibility index (Phi) is 3.65. The minimum absolute atomic E-state index is 0.448. The van der Waals surface area contributed by atoms with E-state index in [2.05, 4.69) is 9.97 Å². The first-order valence-corrected chi connectivity index (χ1v) is 7.78. The number of aromatic amines is 1. The molecule has 1 N–H and O–H groups in total. The third-order valence-electron chi connectivity index (χ3n) is 4.23. The summed E-state index contributed by atoms with van der Waals surface area (Å²) in [6.07, 6.45) is 4.30. The summed E-state index contributed by atoms with van der Waals surface area (Å²) in [4.78, 5) is 18.3. The Labute approximate surface area is 143 Å². The Morgan fingerprint density at radius 3 is 2.68 bits per heavy atom. The number of methoxy groups -OCH3 is 2. The van der Waals surface area contributed by atoms with E-state index >= 15 is 0 Å². The number of nitrogens with one attached hydrogen (secondary N) is 1. The molecule has 0 bridgehead atoms. The van der Waals surface area contributed by atoms with Crippen molar-refractivity contribution in [3.8, 4) is 11.5 Å². The van der Waals surface area contributed by atoms with E-state index in [1.54, 1.807) is 20.4 Å². The molecule has 0 aliphatic carbocycles. The number of pyridine rings is 1. The zero-order valence-electron chi connectivity index (χ0n) is 13.8. The summed E-state index contributed by atoms with van der Waals surface area (Å²) in [5.74, 6) is 0.898. The molecule has 0 spiro atoms. The lowest BCUT2D eigenvalue weighted by Crippen LogP contribution is -1.95. The Morgan fingerprint density at radius 1 is 1.08 bits per heavy atom. The maximum Gasteiger partial charge on any atom is 0.417 e. The van der Waals surface area contributed by atoms with Crippen LogP contribution in [0.5, 0.6) is 11.5 Å². The fraction of sp³-hybridized carbons (Fsp3) is 0.158. The van der Waals surface area contributed by atoms with Crippen molar-refractivity contribution in [2.24, 2.45) is 0 Å². The topological polar surface area (TPSA) is 77.4 Å². The second kappa shape index (κ2) is 5.98. The lowest BCUT2D eigenvalue weighted by molar-refractivity contribution is 0.356. The molecule has 0 atom stereocenters. The summed E-state index contributed by atoms with van der Waals surface area (Å²) in [6.45, 7) is 0. The monoisotopic (exact) mass is 336 g/mol. The predicted octanol–water partition coefficient (Wildman–Crippen LogP) is 3.28. The van der Waals surface area contributed by atoms with Crippen molar-refractivity contribution in [1.29, 1.82) is 0 Å². The summed E-state index contributed by atoms with van der Waals surface area (Å²) >= 11 is 0. The van der Waals surface area contributed by atoms with Crippen LogP contribution in [0.15, 0.2) is 51.9 Å². The summed E-state index contributed by atoms with van der Waals surface area (Å²) in [7, 11) is 3.23. The van der Waals surface area contributed by atoms with Gasteiger partial charge in [-0.3, -0.25) is 9.97 Å². The van der Waals surface area contributed by atoms with Gasteiger partial charge in [0.05, 0.1) is 19.7 Å². The third-order valence-corrected chi connectivity index (χ3v) is 4.23. The quantitative estimate of drug-likeness (QED) is 0.619. The van der Waals surface area contributed by atoms with Crippen LogP contribution in [0.2, 0.25) is 0 Å². The van der Waals surface area contributed by atoms with Gasteiger partial charge in [-0.2, -0.15) is 0 Å². The second-order valence-electron chi connectivity index (χ2n) is 5.75. The molecule has 4 rings (SSSR count). The van der Waals surface area contributed by atoms with E-state index in [4.69, 9.17) is 13.9 Å². The van der Waals surface area contributed by atoms with Crippen LogP contribution in [0.1, 0.15) is 11.1 Å². The smallest absolute Gasteiger partial charge is 0.417 e. The molecular weight excluding hydrogens is 320 g/mol. The normalized spacial score (nSPS) is 11.1. The van der Waals surface area contributed by atoms with Gasteiger partial charge in [0, 0.05) is 17.8 Å². The van der Waals surface area contributed by atoms with Crippen LogP contribution in [0.4, 0.5) is 0 Å². The molecular formula is C19H16N2O4. The Hall–Kier alpha value is -3.28. The highest BCUT2D eigenvalue weighted by Gasteiger charge is 2.11. The van der Waals surface area contributed by atoms with Gasteiger partial charge in [-0.1, -0.05) is 6.07 Å². The molecule has 4 aromatic rings. The van der Waals surface area contributed by atoms with E-state index in [1.165, 1.54) is 0 Å². The number of nitrogens with zero attached hydrogens (tertiary/aromatic N) is 1. The molecule has 6 nitrogen and oxygen atoms in total. The number of ether oxygens (including phenoxy) is 2. The average molecular weight is 336 g/mol. The number of hydrogen-bond acceptors (Lipinski definition) is 5. The van der Waals surface area contributed by atoms with Crippen LogP contribution < -0.4 is 15.2 Å². The predicted molar refractivity (Wildman–Crippen MR) is 94.5 cm³/mol. The minimum atomic E-state index is -0.448. The van der Waals surface area contributed by atoms with E-state index in [1.807, 2.05) is 36.5 Å². The molecule has 6 heteroatoms. The van der Waals surface area contributed by atoms with Gasteiger partial charge in [0.2, 0.25) is 0 Å². The molecule has 2 aromatic heterocycles. The SMILES string of the molecule is COc1cc2cncc(Cc3ccc4[nH]c(=O)oc4c3)c2cc1OC. The van der Waals surface area contributed by atoms with Gasteiger partial charge < -0.3 is 13.9 Å². The first kappa shape index (κ1) is 15.3. The Morgan fingerprint density at radius 2 is 1.88 bits per heavy atom. The lowest BCUT2D eigenvalue weighted by Gasteiger charge is -2.11. The molecule has 0 amide bonds. The van der Waals surface area contributed by atoms with Crippen molar-refractivity contribution in [3.63, 3.8) is 0 Å². The molecule has 0 aliphatic heterocycles. The van der Waals surface area contributed by atoms with E-state index < -0.39 is 5.76 Å². The standard InChI is InChI=1S/C19H16N2O4/c1-23-17-7-13-10-20-9-12(14(13)8-18(17)24-2)5-11-3-4-15-16(6-11)25-19(22)21-15/h3-4,6-10H,5H2,1-2H3,(H,21,22). The first-order chi connectivity index (χ1) is 12.2. The van der Waals surface area contributed by atoms with Crippen LogP contribution in [0.25, 0.3) is 21.9 Å². The molecule has 0 saturated carbocycles. The van der Waals surface area contributed by atoms with Gasteiger partial charge in [-0.15, -0.1) is 0 Å². The molecule has 0 saturated heterocycles. The van der Waals surface area contributed by atoms with Crippen LogP contribution in [-0.4, -0.2) is 24.2 Å². The molecule has 2 heterocycles. The van der Waals surface area contributed by atoms with Gasteiger partial charge in [0.15, 0.2) is 17.1 Å². The summed E-state index contributed by atoms with van der Waals surface area (Å²) < 4.78 is 15.9. The highest BCUT2D eigenvalue weighted by Crippen LogP contribution is 2.33. The van der Waals surface area contributed by atoms with Crippen LogP contribution in [0, 0.1) is 0 Å². The van der Waals surface area contributed by atoms with Crippen molar-refractivity contribution < 1.29 is 13.9 Å². The number of aromatic nitrogens is 2. The molecule has 126 valence electrons. The highest BCUT2D eigenvalue weighted by molar-refractivity contribution is 5.88. The van der Waals surface area contributed by atoms with Crippen LogP contribution >= 0.6 is 0 Å². The molecule has 0 unspecified atom stereocenters. The zero-order valence-corrected chi connectivity index (χ0v) is 13.8. The number of rotatable bonds is 4. The summed E-state index contributed by atoms with van der Waals surface area (Å²) in [6, 6.07) is 9.55. The van der Waals surface area contributed by atoms with Gasteiger partial charge >= 0.3 is 5.76 Å². The van der Waals surface area contributed by atoms with Crippen molar-refractivity contribution >= 4 is 21.9 Å². The van der Waals surface area contributed by atoms with E-state index in [0.717, 1.165) is 21.9 Å². The van der Waals surface area contributed by atoms with Crippen molar-refractivity contribution in [3.05, 3.63) is 64.4 Å². The number of benzene rings is 2. The maximum absolute atomic E-state index is 11.3. The second-order valence-corrected chi connectivity index (χ2v) is 5.75. The molecule has 0 fully saturated rings. The third kappa shape index (κ3) is 2.71. The Balaban J connectivity index is 1.80. The van der Waals surface area contributed by atoms with Crippen LogP contribution in [-0.2, 0) is 6.42 Å². The maximum atomic E-state index is 11.3. The van der Waals surface area contributed by atoms with E-state index in [0.29, 0.717) is 29.0 Å². The zero-order chi connectivity index (χ0) is 17.4. The number of fused-ring (bicyclic) bond motifs is 2. The fourth-order valence-electron chi connectivity index (χ4n) is 3.02. The lowest BCUT2D eigenvalue weighted by atomic mass is 10.0. The minimum Gasteiger partial charge on any atom is -0.493 e. The summed E-state index contributed by atoms with van der Waals surface area (Å²) in [5.41, 5.74) is 3.32. The van der Waals surface area contributed by atoms with Gasteiger partial charge in [-0.25, -0.2) is 4.79 Å². The van der Waals surface area contributed by atoms with Crippen LogP contribution in [0.3, 0.4) is 0 Å². The van der Waals surface area contributed by atoms with Gasteiger partial charge in [0.25, 0.3) is 0 Å². The molecule has 0 radical (unpaired) electrons. The van der Waals surface area contributed by atoms with Gasteiger partial charge in [-0.05, 0) is 47.2 Å². The number of H-pyrrole nitrogens is 1. The fourth-order valence-corrected chi connectivity index (χ4v) is 3.02. The van der Waals surface area contributed by atoms with Gasteiger partial charge in [0.1, 0.15) is 0 Å². The Bertz CT molecular complexity index is 1130. The van der Waals surface area contributed by atoms with Crippen molar-refractivity contribution in [1.82, 2.24) is 9.97 Å². The number of oxazole rings is 1. The number of hydrogen-bond donors (Lipinski definition) is 1. The summed E-state index contributed by atoms with van der Waals surface area (Å²) in [5, 5.41) is 2.02. The molecule has 2 aromatic carbocycles. The molecule has 0 aliphatic rings. The highest BCUT2D eigenvalue weighted by atomic mass is 16.5. The largest absolute Gasteiger partial charge is 0.493 e. The average Bonchev–Trinajstić information content (AvgIpc) is 3.00. The van der Waals surface area contributed by atoms with Crippen molar-refractivity contribution in [2.45, 2.75) is 6.42 Å². The first-order valence-electron chi connectivity index (χ1n) is 7.78. The van der Waals surface area contributed by atoms with Crippen molar-refractivity contribution in [2.75, 3.05) is 14.2 Å². The molecule has 25 heavy (non-hydrogen) atoms. The van der Waals surface area contributed by atoms with E-state index in [9.17, 15) is 4.79 Å².